The molecule has 2 aromatic heterocycles. The number of aryl methyl sites for hydroxylation is 4. The van der Waals surface area contributed by atoms with Crippen molar-refractivity contribution in [2.24, 2.45) is 0 Å². The van der Waals surface area contributed by atoms with Crippen LogP contribution in [0, 0.1) is 0 Å². The van der Waals surface area contributed by atoms with Gasteiger partial charge >= 0.3 is 11.9 Å². The van der Waals surface area contributed by atoms with Crippen molar-refractivity contribution >= 4 is 23.6 Å². The zero-order valence-electron chi connectivity index (χ0n) is 25.3. The van der Waals surface area contributed by atoms with E-state index in [9.17, 15) is 9.59 Å². The van der Waals surface area contributed by atoms with Crippen molar-refractivity contribution in [1.82, 2.24) is 9.97 Å². The molecule has 2 aliphatic carbocycles. The molecule has 4 aliphatic rings. The van der Waals surface area contributed by atoms with E-state index in [1.165, 1.54) is 65.6 Å². The van der Waals surface area contributed by atoms with E-state index in [0.717, 1.165) is 111 Å². The van der Waals surface area contributed by atoms with Crippen LogP contribution in [0.25, 0.3) is 0 Å². The molecule has 0 fully saturated rings. The summed E-state index contributed by atoms with van der Waals surface area (Å²) in [5.41, 5.74) is 4.77. The van der Waals surface area contributed by atoms with Crippen molar-refractivity contribution in [3.63, 3.8) is 0 Å². The zero-order valence-corrected chi connectivity index (χ0v) is 25.3. The van der Waals surface area contributed by atoms with Crippen LogP contribution in [0.2, 0.25) is 0 Å². The number of nitrogens with zero attached hydrogens (tertiary/aromatic N) is 2. The second-order valence-electron chi connectivity index (χ2n) is 11.7. The number of fused-ring (bicyclic) bond motifs is 22. The lowest BCUT2D eigenvalue weighted by atomic mass is 9.97. The second kappa shape index (κ2) is 16.5. The van der Waals surface area contributed by atoms with Crippen LogP contribution in [0.5, 0.6) is 0 Å². The minimum Gasteiger partial charge on any atom is -0.465 e. The van der Waals surface area contributed by atoms with E-state index in [2.05, 4.69) is 5.32 Å². The first-order valence-electron chi connectivity index (χ1n) is 16.1. The molecular formula is C34H49N3O4. The van der Waals surface area contributed by atoms with Gasteiger partial charge in [0, 0.05) is 0 Å². The van der Waals surface area contributed by atoms with Gasteiger partial charge in [0.1, 0.15) is 11.6 Å². The molecule has 0 radical (unpaired) electrons. The summed E-state index contributed by atoms with van der Waals surface area (Å²) in [6.45, 7) is 0. The predicted molar refractivity (Wildman–Crippen MR) is 163 cm³/mol. The molecular weight excluding hydrogens is 514 g/mol. The third-order valence-electron chi connectivity index (χ3n) is 8.63. The molecule has 6 rings (SSSR count). The van der Waals surface area contributed by atoms with Crippen molar-refractivity contribution in [3.05, 3.63) is 45.8 Å². The third-order valence-corrected chi connectivity index (χ3v) is 8.63. The molecule has 0 aromatic carbocycles. The highest BCUT2D eigenvalue weighted by Gasteiger charge is 2.22. The summed E-state index contributed by atoms with van der Waals surface area (Å²) in [5.74, 6) is 0.905. The molecule has 2 aliphatic heterocycles. The highest BCUT2D eigenvalue weighted by atomic mass is 16.5. The fourth-order valence-electron chi connectivity index (χ4n) is 6.19. The predicted octanol–water partition coefficient (Wildman–Crippen LogP) is 8.23. The molecule has 4 heterocycles. The Morgan fingerprint density at radius 1 is 0.537 bits per heavy atom. The summed E-state index contributed by atoms with van der Waals surface area (Å²) in [5, 5.41) is 3.63. The molecule has 224 valence electrons. The normalized spacial score (nSPS) is 17.7. The Morgan fingerprint density at radius 2 is 0.854 bits per heavy atom. The van der Waals surface area contributed by atoms with E-state index in [4.69, 9.17) is 19.4 Å². The number of esters is 2. The fourth-order valence-corrected chi connectivity index (χ4v) is 6.19. The topological polar surface area (TPSA) is 90.4 Å². The van der Waals surface area contributed by atoms with Crippen molar-refractivity contribution < 1.29 is 19.1 Å². The summed E-state index contributed by atoms with van der Waals surface area (Å²) in [6.07, 6.45) is 21.9. The van der Waals surface area contributed by atoms with Crippen LogP contribution in [0.3, 0.4) is 0 Å². The number of hydrogen-bond acceptors (Lipinski definition) is 7. The minimum absolute atomic E-state index is 0.322. The van der Waals surface area contributed by atoms with E-state index in [1.807, 2.05) is 12.1 Å². The Labute approximate surface area is 246 Å². The van der Waals surface area contributed by atoms with E-state index < -0.39 is 0 Å². The maximum absolute atomic E-state index is 12.8. The number of rotatable bonds is 4. The third kappa shape index (κ3) is 9.01. The SMILES string of the molecule is COC(=O)c1cc2c(Nc3nc4c(C(=O)OC)cc3CCCCCCCCCC4)nc1CCCCCCCCCC2. The van der Waals surface area contributed by atoms with Gasteiger partial charge in [-0.25, -0.2) is 19.6 Å². The van der Waals surface area contributed by atoms with Crippen molar-refractivity contribution in [2.45, 2.75) is 128 Å². The average Bonchev–Trinajstić information content (AvgIpc) is 2.99. The Bertz CT molecular complexity index is 1070. The lowest BCUT2D eigenvalue weighted by Gasteiger charge is -2.20. The standard InChI is InChI=1S/C34H49N3O4/c1-40-33(38)27-23-25-19-15-11-7-3-5-9-13-17-21-29(27)35-31(25)37-32-26-20-16-12-8-4-6-10-14-18-22-30(36-32)28(24-26)34(39)41-2/h23-24H,3-22H2,1-2H3,(H,35,36,37). The quantitative estimate of drug-likeness (QED) is 0.375. The van der Waals surface area contributed by atoms with Gasteiger partial charge in [0.2, 0.25) is 0 Å². The van der Waals surface area contributed by atoms with Crippen molar-refractivity contribution in [3.8, 4) is 0 Å². The summed E-state index contributed by atoms with van der Waals surface area (Å²) in [7, 11) is 2.88. The number of carbonyl (C=O) groups excluding carboxylic acids is 2. The number of carbonyl (C=O) groups is 2. The molecule has 2 aromatic rings. The first-order valence-corrected chi connectivity index (χ1v) is 16.1. The highest BCUT2D eigenvalue weighted by molar-refractivity contribution is 5.92. The fraction of sp³-hybridized carbons (Fsp3) is 0.647. The maximum Gasteiger partial charge on any atom is 0.339 e. The first kappa shape index (κ1) is 31.0. The maximum atomic E-state index is 12.8. The van der Waals surface area contributed by atoms with Crippen LogP contribution in [0.4, 0.5) is 11.6 Å². The molecule has 0 amide bonds. The Balaban J connectivity index is 1.76. The molecule has 41 heavy (non-hydrogen) atoms. The van der Waals surface area contributed by atoms with Gasteiger partial charge in [-0.3, -0.25) is 0 Å². The van der Waals surface area contributed by atoms with E-state index in [1.54, 1.807) is 0 Å². The van der Waals surface area contributed by atoms with Crippen LogP contribution in [0.1, 0.15) is 146 Å². The molecule has 0 spiro atoms. The summed E-state index contributed by atoms with van der Waals surface area (Å²) in [4.78, 5) is 35.8. The Kier molecular flexibility index (Phi) is 12.5. The monoisotopic (exact) mass is 563 g/mol. The molecule has 0 atom stereocenters. The molecule has 0 unspecified atom stereocenters. The van der Waals surface area contributed by atoms with Crippen LogP contribution in [-0.4, -0.2) is 36.1 Å². The smallest absolute Gasteiger partial charge is 0.339 e. The molecule has 0 saturated heterocycles. The lowest BCUT2D eigenvalue weighted by Crippen LogP contribution is -2.15. The van der Waals surface area contributed by atoms with Crippen LogP contribution < -0.4 is 5.32 Å². The highest BCUT2D eigenvalue weighted by Crippen LogP contribution is 2.30. The number of aromatic nitrogens is 2. The number of pyridine rings is 2. The second-order valence-corrected chi connectivity index (χ2v) is 11.7. The van der Waals surface area contributed by atoms with E-state index >= 15 is 0 Å². The lowest BCUT2D eigenvalue weighted by molar-refractivity contribution is 0.0589. The van der Waals surface area contributed by atoms with E-state index in [0.29, 0.717) is 11.1 Å². The van der Waals surface area contributed by atoms with Gasteiger partial charge in [-0.2, -0.15) is 0 Å². The van der Waals surface area contributed by atoms with Gasteiger partial charge in [0.25, 0.3) is 0 Å². The van der Waals surface area contributed by atoms with Gasteiger partial charge in [0.05, 0.1) is 36.7 Å². The molecule has 4 bridgehead atoms. The largest absolute Gasteiger partial charge is 0.465 e. The average molecular weight is 564 g/mol. The Hall–Kier alpha value is -2.96. The van der Waals surface area contributed by atoms with Gasteiger partial charge in [-0.05, 0) is 74.6 Å². The van der Waals surface area contributed by atoms with Crippen molar-refractivity contribution in [2.75, 3.05) is 19.5 Å². The van der Waals surface area contributed by atoms with E-state index in [-0.39, 0.29) is 11.9 Å². The summed E-state index contributed by atoms with van der Waals surface area (Å²) < 4.78 is 10.3. The van der Waals surface area contributed by atoms with Gasteiger partial charge in [-0.1, -0.05) is 77.0 Å². The van der Waals surface area contributed by atoms with Gasteiger partial charge in [0.15, 0.2) is 0 Å². The summed E-state index contributed by atoms with van der Waals surface area (Å²) >= 11 is 0. The molecule has 1 N–H and O–H groups in total. The van der Waals surface area contributed by atoms with Crippen LogP contribution >= 0.6 is 0 Å². The van der Waals surface area contributed by atoms with Gasteiger partial charge in [-0.15, -0.1) is 0 Å². The van der Waals surface area contributed by atoms with Crippen molar-refractivity contribution in [1.29, 1.82) is 0 Å². The number of nitrogens with one attached hydrogen (secondary N) is 1. The molecule has 0 saturated carbocycles. The molecule has 7 heteroatoms. The number of ether oxygens (including phenoxy) is 2. The van der Waals surface area contributed by atoms with Crippen LogP contribution in [0.15, 0.2) is 12.1 Å². The number of hydrogen-bond donors (Lipinski definition) is 1. The number of anilines is 2. The summed E-state index contributed by atoms with van der Waals surface area (Å²) in [6, 6.07) is 4.00. The Morgan fingerprint density at radius 3 is 1.20 bits per heavy atom. The first-order chi connectivity index (χ1) is 20.1. The minimum atomic E-state index is -0.322. The van der Waals surface area contributed by atoms with Crippen LogP contribution in [-0.2, 0) is 35.2 Å². The number of methoxy groups -OCH3 is 2. The zero-order chi connectivity index (χ0) is 28.9. The van der Waals surface area contributed by atoms with Gasteiger partial charge < -0.3 is 14.8 Å². The molecule has 7 nitrogen and oxygen atoms in total.